The number of nitrogens with zero attached hydrogens (tertiary/aromatic N) is 2. The summed E-state index contributed by atoms with van der Waals surface area (Å²) < 4.78 is 18.4. The van der Waals surface area contributed by atoms with E-state index in [0.717, 1.165) is 51.7 Å². The molecule has 0 spiro atoms. The van der Waals surface area contributed by atoms with Gasteiger partial charge in [0.25, 0.3) is 0 Å². The highest BCUT2D eigenvalue weighted by atomic mass is 19.1. The number of hydrogen-bond acceptors (Lipinski definition) is 4. The predicted molar refractivity (Wildman–Crippen MR) is 92.9 cm³/mol. The minimum atomic E-state index is -0.683. The van der Waals surface area contributed by atoms with Crippen molar-refractivity contribution in [2.45, 2.75) is 44.2 Å². The fourth-order valence-corrected chi connectivity index (χ4v) is 3.68. The zero-order valence-electron chi connectivity index (χ0n) is 14.6. The van der Waals surface area contributed by atoms with Crippen molar-refractivity contribution in [1.29, 1.82) is 0 Å². The lowest BCUT2D eigenvalue weighted by Crippen LogP contribution is -2.52. The molecule has 2 fully saturated rings. The van der Waals surface area contributed by atoms with Crippen LogP contribution in [-0.2, 0) is 4.79 Å². The normalized spacial score (nSPS) is 22.8. The maximum absolute atomic E-state index is 12.9. The molecule has 1 aromatic rings. The number of likely N-dealkylation sites (tertiary alicyclic amines) is 2. The molecular formula is C19H27FN2O3. The van der Waals surface area contributed by atoms with E-state index >= 15 is 0 Å². The van der Waals surface area contributed by atoms with Crippen LogP contribution < -0.4 is 4.74 Å². The summed E-state index contributed by atoms with van der Waals surface area (Å²) in [5.41, 5.74) is 0. The average molecular weight is 350 g/mol. The van der Waals surface area contributed by atoms with E-state index in [1.54, 1.807) is 12.1 Å². The summed E-state index contributed by atoms with van der Waals surface area (Å²) in [5.74, 6) is 0.428. The molecule has 5 nitrogen and oxygen atoms in total. The molecule has 138 valence electrons. The van der Waals surface area contributed by atoms with Gasteiger partial charge >= 0.3 is 0 Å². The lowest BCUT2D eigenvalue weighted by Gasteiger charge is -2.37. The second-order valence-corrected chi connectivity index (χ2v) is 6.96. The molecule has 0 aliphatic carbocycles. The first-order valence-corrected chi connectivity index (χ1v) is 9.23. The highest BCUT2D eigenvalue weighted by Gasteiger charge is 2.33. The Morgan fingerprint density at radius 2 is 1.84 bits per heavy atom. The van der Waals surface area contributed by atoms with Gasteiger partial charge in [-0.05, 0) is 56.5 Å². The Morgan fingerprint density at radius 1 is 1.16 bits per heavy atom. The van der Waals surface area contributed by atoms with Crippen molar-refractivity contribution in [2.75, 3.05) is 32.8 Å². The van der Waals surface area contributed by atoms with Crippen molar-refractivity contribution in [3.05, 3.63) is 30.1 Å². The minimum Gasteiger partial charge on any atom is -0.491 e. The van der Waals surface area contributed by atoms with Crippen molar-refractivity contribution >= 4 is 5.91 Å². The van der Waals surface area contributed by atoms with E-state index < -0.39 is 6.10 Å². The van der Waals surface area contributed by atoms with E-state index in [1.807, 2.05) is 4.90 Å². The molecule has 1 aromatic carbocycles. The average Bonchev–Trinajstić information content (AvgIpc) is 3.16. The highest BCUT2D eigenvalue weighted by molar-refractivity contribution is 5.82. The Balaban J connectivity index is 1.51. The number of benzene rings is 1. The Kier molecular flexibility index (Phi) is 6.26. The van der Waals surface area contributed by atoms with Gasteiger partial charge in [-0.2, -0.15) is 0 Å². The van der Waals surface area contributed by atoms with Gasteiger partial charge in [0.1, 0.15) is 24.3 Å². The monoisotopic (exact) mass is 350 g/mol. The Morgan fingerprint density at radius 3 is 2.56 bits per heavy atom. The molecule has 2 atom stereocenters. The van der Waals surface area contributed by atoms with Crippen molar-refractivity contribution in [3.8, 4) is 5.75 Å². The largest absolute Gasteiger partial charge is 0.491 e. The number of carbonyl (C=O) groups excluding carboxylic acids is 1. The van der Waals surface area contributed by atoms with Crippen LogP contribution in [0.25, 0.3) is 0 Å². The summed E-state index contributed by atoms with van der Waals surface area (Å²) in [5, 5.41) is 10.3. The van der Waals surface area contributed by atoms with Gasteiger partial charge in [-0.3, -0.25) is 9.69 Å². The molecule has 2 unspecified atom stereocenters. The van der Waals surface area contributed by atoms with Crippen molar-refractivity contribution in [3.63, 3.8) is 0 Å². The van der Waals surface area contributed by atoms with Gasteiger partial charge in [-0.15, -0.1) is 0 Å². The molecule has 6 heteroatoms. The molecule has 2 aliphatic heterocycles. The number of ether oxygens (including phenoxy) is 1. The summed E-state index contributed by atoms with van der Waals surface area (Å²) in [7, 11) is 0. The van der Waals surface area contributed by atoms with Crippen molar-refractivity contribution in [2.24, 2.45) is 0 Å². The third kappa shape index (κ3) is 4.92. The second-order valence-electron chi connectivity index (χ2n) is 6.96. The number of β-amino-alcohol motifs (C(OH)–C–C–N with tert-alkyl or cyclic N) is 1. The Hall–Kier alpha value is -1.66. The molecule has 2 aliphatic rings. The van der Waals surface area contributed by atoms with Gasteiger partial charge in [-0.1, -0.05) is 6.42 Å². The van der Waals surface area contributed by atoms with E-state index in [1.165, 1.54) is 12.1 Å². The summed E-state index contributed by atoms with van der Waals surface area (Å²) >= 11 is 0. The summed E-state index contributed by atoms with van der Waals surface area (Å²) in [4.78, 5) is 16.8. The van der Waals surface area contributed by atoms with Crippen molar-refractivity contribution in [1.82, 2.24) is 9.80 Å². The summed E-state index contributed by atoms with van der Waals surface area (Å²) in [6.07, 6.45) is 4.47. The quantitative estimate of drug-likeness (QED) is 0.853. The number of carbonyl (C=O) groups is 1. The standard InChI is InChI=1S/C19H27FN2O3/c20-15-6-8-17(9-7-15)25-14-16(23)13-22-12-2-1-5-18(22)19(24)21-10-3-4-11-21/h6-9,16,18,23H,1-5,10-14H2. The van der Waals surface area contributed by atoms with Crippen LogP contribution in [0.3, 0.4) is 0 Å². The lowest BCUT2D eigenvalue weighted by atomic mass is 10.0. The Labute approximate surface area is 148 Å². The van der Waals surface area contributed by atoms with Crippen LogP contribution in [0.4, 0.5) is 4.39 Å². The smallest absolute Gasteiger partial charge is 0.239 e. The zero-order valence-corrected chi connectivity index (χ0v) is 14.6. The predicted octanol–water partition coefficient (Wildman–Crippen LogP) is 2.04. The minimum absolute atomic E-state index is 0.118. The molecule has 25 heavy (non-hydrogen) atoms. The maximum atomic E-state index is 12.9. The van der Waals surface area contributed by atoms with Crippen LogP contribution in [0.2, 0.25) is 0 Å². The van der Waals surface area contributed by atoms with Gasteiger partial charge in [0.05, 0.1) is 6.04 Å². The molecular weight excluding hydrogens is 323 g/mol. The van der Waals surface area contributed by atoms with E-state index in [0.29, 0.717) is 12.3 Å². The van der Waals surface area contributed by atoms with Crippen LogP contribution in [-0.4, -0.2) is 65.7 Å². The number of halogens is 1. The summed E-state index contributed by atoms with van der Waals surface area (Å²) in [6, 6.07) is 5.63. The number of hydrogen-bond donors (Lipinski definition) is 1. The zero-order chi connectivity index (χ0) is 17.6. The SMILES string of the molecule is O=C(C1CCCCN1CC(O)COc1ccc(F)cc1)N1CCCC1. The van der Waals surface area contributed by atoms with E-state index in [-0.39, 0.29) is 24.4 Å². The Bertz CT molecular complexity index is 560. The number of piperidine rings is 1. The van der Waals surface area contributed by atoms with Crippen LogP contribution >= 0.6 is 0 Å². The lowest BCUT2D eigenvalue weighted by molar-refractivity contribution is -0.138. The number of aliphatic hydroxyl groups excluding tert-OH is 1. The van der Waals surface area contributed by atoms with Crippen LogP contribution in [0, 0.1) is 5.82 Å². The van der Waals surface area contributed by atoms with Gasteiger partial charge in [0.2, 0.25) is 5.91 Å². The van der Waals surface area contributed by atoms with Crippen LogP contribution in [0.1, 0.15) is 32.1 Å². The first-order valence-electron chi connectivity index (χ1n) is 9.23. The second kappa shape index (κ2) is 8.63. The topological polar surface area (TPSA) is 53.0 Å². The first kappa shape index (κ1) is 18.1. The fourth-order valence-electron chi connectivity index (χ4n) is 3.68. The number of rotatable bonds is 6. The van der Waals surface area contributed by atoms with E-state index in [9.17, 15) is 14.3 Å². The van der Waals surface area contributed by atoms with Gasteiger partial charge in [0.15, 0.2) is 0 Å². The van der Waals surface area contributed by atoms with Crippen molar-refractivity contribution < 1.29 is 19.0 Å². The molecule has 1 amide bonds. The molecule has 3 rings (SSSR count). The van der Waals surface area contributed by atoms with Crippen LogP contribution in [0.5, 0.6) is 5.75 Å². The maximum Gasteiger partial charge on any atom is 0.239 e. The van der Waals surface area contributed by atoms with Gasteiger partial charge in [-0.25, -0.2) is 4.39 Å². The van der Waals surface area contributed by atoms with E-state index in [2.05, 4.69) is 4.90 Å². The fraction of sp³-hybridized carbons (Fsp3) is 0.632. The molecule has 2 heterocycles. The van der Waals surface area contributed by atoms with Crippen LogP contribution in [0.15, 0.2) is 24.3 Å². The third-order valence-corrected chi connectivity index (χ3v) is 5.02. The van der Waals surface area contributed by atoms with E-state index in [4.69, 9.17) is 4.74 Å². The number of amides is 1. The molecule has 0 bridgehead atoms. The first-order chi connectivity index (χ1) is 12.1. The molecule has 0 aromatic heterocycles. The molecule has 2 saturated heterocycles. The van der Waals surface area contributed by atoms with Gasteiger partial charge in [0, 0.05) is 19.6 Å². The molecule has 0 radical (unpaired) electrons. The third-order valence-electron chi connectivity index (χ3n) is 5.02. The number of aliphatic hydroxyl groups is 1. The summed E-state index contributed by atoms with van der Waals surface area (Å²) in [6.45, 7) is 3.11. The molecule has 1 N–H and O–H groups in total. The highest BCUT2D eigenvalue weighted by Crippen LogP contribution is 2.21. The van der Waals surface area contributed by atoms with Gasteiger partial charge < -0.3 is 14.7 Å². The molecule has 0 saturated carbocycles.